The number of nitrogens with zero attached hydrogens (tertiary/aromatic N) is 1. The van der Waals surface area contributed by atoms with E-state index < -0.39 is 12.5 Å². The van der Waals surface area contributed by atoms with Gasteiger partial charge in [-0.1, -0.05) is 19.9 Å². The molecule has 146 valence electrons. The van der Waals surface area contributed by atoms with Gasteiger partial charge in [0, 0.05) is 25.7 Å². The molecule has 1 unspecified atom stereocenters. The van der Waals surface area contributed by atoms with Gasteiger partial charge in [0.05, 0.1) is 25.9 Å². The lowest BCUT2D eigenvalue weighted by molar-refractivity contribution is -0.0515. The van der Waals surface area contributed by atoms with E-state index in [-0.39, 0.29) is 23.1 Å². The average molecular weight is 372 g/mol. The van der Waals surface area contributed by atoms with Crippen molar-refractivity contribution in [2.24, 2.45) is 5.92 Å². The van der Waals surface area contributed by atoms with Crippen LogP contribution in [0.25, 0.3) is 0 Å². The van der Waals surface area contributed by atoms with Crippen molar-refractivity contribution in [3.8, 4) is 11.5 Å². The summed E-state index contributed by atoms with van der Waals surface area (Å²) in [5.41, 5.74) is 0.0223. The lowest BCUT2D eigenvalue weighted by atomic mass is 10.0. The van der Waals surface area contributed by atoms with Gasteiger partial charge in [-0.25, -0.2) is 0 Å². The van der Waals surface area contributed by atoms with Gasteiger partial charge in [-0.15, -0.1) is 0 Å². The van der Waals surface area contributed by atoms with E-state index in [1.165, 1.54) is 19.2 Å². The van der Waals surface area contributed by atoms with Crippen LogP contribution in [0, 0.1) is 5.92 Å². The van der Waals surface area contributed by atoms with Gasteiger partial charge in [0.2, 0.25) is 0 Å². The smallest absolute Gasteiger partial charge is 0.387 e. The highest BCUT2D eigenvalue weighted by Gasteiger charge is 2.26. The first-order valence-corrected chi connectivity index (χ1v) is 8.65. The molecule has 1 amide bonds. The maximum Gasteiger partial charge on any atom is 0.387 e. The Bertz CT molecular complexity index is 593. The van der Waals surface area contributed by atoms with Crippen LogP contribution in [0.5, 0.6) is 11.5 Å². The number of carbonyl (C=O) groups is 1. The molecule has 1 heterocycles. The quantitative estimate of drug-likeness (QED) is 0.759. The second-order valence-corrected chi connectivity index (χ2v) is 6.39. The molecule has 0 aliphatic carbocycles. The number of carbonyl (C=O) groups excluding carboxylic acids is 1. The first-order chi connectivity index (χ1) is 12.4. The van der Waals surface area contributed by atoms with Gasteiger partial charge in [0.15, 0.2) is 11.5 Å². The summed E-state index contributed by atoms with van der Waals surface area (Å²) < 4.78 is 40.4. The van der Waals surface area contributed by atoms with Gasteiger partial charge in [-0.05, 0) is 18.1 Å². The van der Waals surface area contributed by atoms with Crippen molar-refractivity contribution in [2.75, 3.05) is 40.0 Å². The zero-order valence-corrected chi connectivity index (χ0v) is 15.3. The van der Waals surface area contributed by atoms with E-state index in [0.29, 0.717) is 25.7 Å². The number of hydrogen-bond acceptors (Lipinski definition) is 5. The molecule has 1 saturated heterocycles. The molecule has 0 saturated carbocycles. The fraction of sp³-hybridized carbons (Fsp3) is 0.611. The van der Waals surface area contributed by atoms with Crippen LogP contribution in [-0.2, 0) is 4.74 Å². The number of amides is 1. The molecule has 1 aliphatic rings. The van der Waals surface area contributed by atoms with Crippen LogP contribution in [0.2, 0.25) is 0 Å². The van der Waals surface area contributed by atoms with Crippen molar-refractivity contribution < 1.29 is 27.8 Å². The Morgan fingerprint density at radius 3 is 2.58 bits per heavy atom. The molecule has 0 bridgehead atoms. The Morgan fingerprint density at radius 2 is 2.00 bits per heavy atom. The van der Waals surface area contributed by atoms with Gasteiger partial charge in [0.25, 0.3) is 5.91 Å². The van der Waals surface area contributed by atoms with Crippen LogP contribution in [0.1, 0.15) is 24.2 Å². The summed E-state index contributed by atoms with van der Waals surface area (Å²) in [6.07, 6.45) is 0. The van der Waals surface area contributed by atoms with Gasteiger partial charge < -0.3 is 19.5 Å². The van der Waals surface area contributed by atoms with E-state index in [1.807, 2.05) is 0 Å². The first-order valence-electron chi connectivity index (χ1n) is 8.65. The molecule has 0 radical (unpaired) electrons. The highest BCUT2D eigenvalue weighted by molar-refractivity contribution is 5.97. The highest BCUT2D eigenvalue weighted by Crippen LogP contribution is 2.32. The van der Waals surface area contributed by atoms with Crippen molar-refractivity contribution in [2.45, 2.75) is 26.5 Å². The number of methoxy groups -OCH3 is 1. The molecule has 1 fully saturated rings. The molecule has 1 aliphatic heterocycles. The molecule has 2 rings (SSSR count). The van der Waals surface area contributed by atoms with E-state index in [4.69, 9.17) is 9.47 Å². The standard InChI is InChI=1S/C18H26F2N2O4/c1-12(2)14(22-7-9-25-10-8-22)11-21-17(23)13-5-4-6-15(24-3)16(13)26-18(19)20/h4-6,12,14,18H,7-11H2,1-3H3,(H,21,23). The van der Waals surface area contributed by atoms with Crippen molar-refractivity contribution in [1.29, 1.82) is 0 Å². The highest BCUT2D eigenvalue weighted by atomic mass is 19.3. The molecule has 0 aromatic heterocycles. The lowest BCUT2D eigenvalue weighted by Gasteiger charge is -2.37. The van der Waals surface area contributed by atoms with Crippen LogP contribution in [0.3, 0.4) is 0 Å². The van der Waals surface area contributed by atoms with Gasteiger partial charge in [0.1, 0.15) is 0 Å². The molecular formula is C18H26F2N2O4. The summed E-state index contributed by atoms with van der Waals surface area (Å²) in [5.74, 6) is -0.324. The normalized spacial score (nSPS) is 16.6. The van der Waals surface area contributed by atoms with E-state index in [9.17, 15) is 13.6 Å². The maximum absolute atomic E-state index is 12.7. The minimum Gasteiger partial charge on any atom is -0.493 e. The third-order valence-corrected chi connectivity index (χ3v) is 4.41. The van der Waals surface area contributed by atoms with Crippen LogP contribution >= 0.6 is 0 Å². The van der Waals surface area contributed by atoms with E-state index in [0.717, 1.165) is 13.1 Å². The molecule has 8 heteroatoms. The summed E-state index contributed by atoms with van der Waals surface area (Å²) in [6, 6.07) is 4.61. The summed E-state index contributed by atoms with van der Waals surface area (Å²) in [7, 11) is 1.34. The second-order valence-electron chi connectivity index (χ2n) is 6.39. The summed E-state index contributed by atoms with van der Waals surface area (Å²) >= 11 is 0. The number of morpholine rings is 1. The van der Waals surface area contributed by atoms with E-state index in [2.05, 4.69) is 28.8 Å². The Balaban J connectivity index is 2.10. The molecule has 1 N–H and O–H groups in total. The molecule has 0 spiro atoms. The molecule has 1 aromatic rings. The molecule has 1 aromatic carbocycles. The molecule has 1 atom stereocenters. The van der Waals surface area contributed by atoms with E-state index >= 15 is 0 Å². The fourth-order valence-corrected chi connectivity index (χ4v) is 3.05. The number of alkyl halides is 2. The fourth-order valence-electron chi connectivity index (χ4n) is 3.05. The molecular weight excluding hydrogens is 346 g/mol. The van der Waals surface area contributed by atoms with Gasteiger partial charge >= 0.3 is 6.61 Å². The Morgan fingerprint density at radius 1 is 1.31 bits per heavy atom. The van der Waals surface area contributed by atoms with Crippen molar-refractivity contribution in [3.05, 3.63) is 23.8 Å². The molecule has 26 heavy (non-hydrogen) atoms. The van der Waals surface area contributed by atoms with Crippen LogP contribution < -0.4 is 14.8 Å². The predicted molar refractivity (Wildman–Crippen MR) is 93.0 cm³/mol. The number of para-hydroxylation sites is 1. The topological polar surface area (TPSA) is 60.0 Å². The second kappa shape index (κ2) is 9.68. The number of halogens is 2. The molecule has 6 nitrogen and oxygen atoms in total. The number of benzene rings is 1. The average Bonchev–Trinajstić information content (AvgIpc) is 2.62. The number of rotatable bonds is 8. The minimum absolute atomic E-state index is 0.0223. The first kappa shape index (κ1) is 20.4. The summed E-state index contributed by atoms with van der Waals surface area (Å²) in [6.45, 7) is 4.47. The summed E-state index contributed by atoms with van der Waals surface area (Å²) in [4.78, 5) is 14.9. The van der Waals surface area contributed by atoms with Crippen molar-refractivity contribution in [3.63, 3.8) is 0 Å². The van der Waals surface area contributed by atoms with Crippen molar-refractivity contribution in [1.82, 2.24) is 10.2 Å². The van der Waals surface area contributed by atoms with Crippen LogP contribution in [0.15, 0.2) is 18.2 Å². The van der Waals surface area contributed by atoms with Gasteiger partial charge in [-0.2, -0.15) is 8.78 Å². The van der Waals surface area contributed by atoms with Crippen LogP contribution in [0.4, 0.5) is 8.78 Å². The Hall–Kier alpha value is -1.93. The van der Waals surface area contributed by atoms with Crippen molar-refractivity contribution >= 4 is 5.91 Å². The largest absolute Gasteiger partial charge is 0.493 e. The SMILES string of the molecule is COc1cccc(C(=O)NCC(C(C)C)N2CCOCC2)c1OC(F)F. The van der Waals surface area contributed by atoms with E-state index in [1.54, 1.807) is 6.07 Å². The minimum atomic E-state index is -3.05. The maximum atomic E-state index is 12.7. The number of ether oxygens (including phenoxy) is 3. The van der Waals surface area contributed by atoms with Gasteiger partial charge in [-0.3, -0.25) is 9.69 Å². The monoisotopic (exact) mass is 372 g/mol. The Kier molecular flexibility index (Phi) is 7.59. The number of hydrogen-bond donors (Lipinski definition) is 1. The third-order valence-electron chi connectivity index (χ3n) is 4.41. The zero-order valence-electron chi connectivity index (χ0n) is 15.3. The lowest BCUT2D eigenvalue weighted by Crippen LogP contribution is -2.51. The third kappa shape index (κ3) is 5.28. The van der Waals surface area contributed by atoms with Crippen LogP contribution in [-0.4, -0.2) is 63.4 Å². The Labute approximate surface area is 152 Å². The summed E-state index contributed by atoms with van der Waals surface area (Å²) in [5, 5.41) is 2.84. The zero-order chi connectivity index (χ0) is 19.1. The predicted octanol–water partition coefficient (Wildman–Crippen LogP) is 2.38. The number of nitrogens with one attached hydrogen (secondary N) is 1.